The fraction of sp³-hybridized carbons (Fsp3) is 0.471. The molecular formula is C17H24N4O2S. The number of carbonyl (C=O) groups excluding carboxylic acids is 2. The third-order valence-electron chi connectivity index (χ3n) is 3.63. The fourth-order valence-corrected chi connectivity index (χ4v) is 3.07. The van der Waals surface area contributed by atoms with Crippen LogP contribution in [0.15, 0.2) is 18.2 Å². The number of aromatic nitrogens is 1. The summed E-state index contributed by atoms with van der Waals surface area (Å²) in [5.74, 6) is -0.204. The molecule has 1 atom stereocenters. The second-order valence-corrected chi connectivity index (χ2v) is 7.49. The van der Waals surface area contributed by atoms with E-state index in [0.29, 0.717) is 11.6 Å². The van der Waals surface area contributed by atoms with Crippen LogP contribution in [0.5, 0.6) is 0 Å². The minimum atomic E-state index is -0.610. The van der Waals surface area contributed by atoms with Crippen molar-refractivity contribution in [1.29, 1.82) is 0 Å². The molecule has 0 saturated carbocycles. The minimum Gasteiger partial charge on any atom is -0.346 e. The molecule has 0 spiro atoms. The van der Waals surface area contributed by atoms with E-state index in [1.807, 2.05) is 32.0 Å². The number of amides is 2. The summed E-state index contributed by atoms with van der Waals surface area (Å²) < 4.78 is 1.03. The first-order chi connectivity index (χ1) is 11.3. The van der Waals surface area contributed by atoms with E-state index < -0.39 is 6.04 Å². The van der Waals surface area contributed by atoms with E-state index in [0.717, 1.165) is 15.2 Å². The molecular weight excluding hydrogens is 324 g/mol. The molecule has 130 valence electrons. The quantitative estimate of drug-likeness (QED) is 0.747. The van der Waals surface area contributed by atoms with Crippen molar-refractivity contribution in [1.82, 2.24) is 10.3 Å². The van der Waals surface area contributed by atoms with Gasteiger partial charge in [0.25, 0.3) is 0 Å². The molecule has 2 rings (SSSR count). The molecule has 2 aromatic rings. The number of nitrogens with one attached hydrogen (secondary N) is 2. The summed E-state index contributed by atoms with van der Waals surface area (Å²) in [6.07, 6.45) is 0. The normalized spacial score (nSPS) is 12.6. The summed E-state index contributed by atoms with van der Waals surface area (Å²) in [6.45, 7) is 7.83. The lowest BCUT2D eigenvalue weighted by Crippen LogP contribution is -2.46. The predicted molar refractivity (Wildman–Crippen MR) is 98.2 cm³/mol. The Bertz CT molecular complexity index is 739. The number of carbonyl (C=O) groups is 2. The summed E-state index contributed by atoms with van der Waals surface area (Å²) in [5, 5.41) is 6.41. The van der Waals surface area contributed by atoms with Crippen molar-refractivity contribution >= 4 is 39.1 Å². The lowest BCUT2D eigenvalue weighted by molar-refractivity contribution is -0.125. The zero-order valence-corrected chi connectivity index (χ0v) is 15.2. The number of thiazole rings is 1. The van der Waals surface area contributed by atoms with Gasteiger partial charge in [0.2, 0.25) is 11.8 Å². The summed E-state index contributed by atoms with van der Waals surface area (Å²) in [6, 6.07) is 4.99. The number of hydrogen-bond donors (Lipinski definition) is 3. The zero-order valence-electron chi connectivity index (χ0n) is 14.4. The number of rotatable bonds is 6. The lowest BCUT2D eigenvalue weighted by Gasteiger charge is -2.15. The van der Waals surface area contributed by atoms with Gasteiger partial charge in [-0.05, 0) is 24.1 Å². The van der Waals surface area contributed by atoms with Crippen LogP contribution >= 0.6 is 11.3 Å². The highest BCUT2D eigenvalue weighted by atomic mass is 32.1. The first-order valence-corrected chi connectivity index (χ1v) is 8.83. The number of nitrogens with two attached hydrogens (primary N) is 1. The molecule has 1 heterocycles. The largest absolute Gasteiger partial charge is 0.346 e. The smallest absolute Gasteiger partial charge is 0.243 e. The van der Waals surface area contributed by atoms with Crippen LogP contribution < -0.4 is 16.4 Å². The molecule has 24 heavy (non-hydrogen) atoms. The predicted octanol–water partition coefficient (Wildman–Crippen LogP) is 2.46. The number of hydrogen-bond acceptors (Lipinski definition) is 5. The Morgan fingerprint density at radius 2 is 1.96 bits per heavy atom. The third kappa shape index (κ3) is 4.52. The molecule has 6 nitrogen and oxygen atoms in total. The Balaban J connectivity index is 1.96. The van der Waals surface area contributed by atoms with Crippen molar-refractivity contribution in [2.75, 3.05) is 11.9 Å². The van der Waals surface area contributed by atoms with Crippen LogP contribution in [0, 0.1) is 5.92 Å². The van der Waals surface area contributed by atoms with Crippen molar-refractivity contribution in [2.24, 2.45) is 11.7 Å². The molecule has 0 unspecified atom stereocenters. The Hall–Kier alpha value is -1.99. The van der Waals surface area contributed by atoms with Gasteiger partial charge in [0.05, 0.1) is 27.8 Å². The Labute approximate surface area is 145 Å². The molecule has 0 fully saturated rings. The first-order valence-electron chi connectivity index (χ1n) is 8.01. The Morgan fingerprint density at radius 3 is 2.58 bits per heavy atom. The number of nitrogens with zero attached hydrogens (tertiary/aromatic N) is 1. The van der Waals surface area contributed by atoms with Crippen molar-refractivity contribution in [3.63, 3.8) is 0 Å². The van der Waals surface area contributed by atoms with E-state index in [4.69, 9.17) is 5.73 Å². The van der Waals surface area contributed by atoms with Crippen molar-refractivity contribution in [3.05, 3.63) is 23.2 Å². The Kier molecular flexibility index (Phi) is 5.90. The topological polar surface area (TPSA) is 97.1 Å². The Morgan fingerprint density at radius 1 is 1.25 bits per heavy atom. The summed E-state index contributed by atoms with van der Waals surface area (Å²) in [4.78, 5) is 28.3. The van der Waals surface area contributed by atoms with Gasteiger partial charge in [-0.2, -0.15) is 0 Å². The number of fused-ring (bicyclic) bond motifs is 1. The second kappa shape index (κ2) is 7.72. The van der Waals surface area contributed by atoms with Crippen LogP contribution in [0.4, 0.5) is 5.69 Å². The van der Waals surface area contributed by atoms with E-state index >= 15 is 0 Å². The minimum absolute atomic E-state index is 0.0250. The molecule has 0 aliphatic heterocycles. The first kappa shape index (κ1) is 18.4. The van der Waals surface area contributed by atoms with Gasteiger partial charge in [0.1, 0.15) is 0 Å². The van der Waals surface area contributed by atoms with E-state index in [1.54, 1.807) is 11.3 Å². The molecule has 0 saturated heterocycles. The van der Waals surface area contributed by atoms with E-state index in [-0.39, 0.29) is 24.3 Å². The highest BCUT2D eigenvalue weighted by Gasteiger charge is 2.17. The van der Waals surface area contributed by atoms with Gasteiger partial charge in [0, 0.05) is 11.6 Å². The van der Waals surface area contributed by atoms with Crippen LogP contribution in [0.2, 0.25) is 0 Å². The molecule has 2 amide bonds. The van der Waals surface area contributed by atoms with Crippen molar-refractivity contribution in [3.8, 4) is 0 Å². The van der Waals surface area contributed by atoms with Gasteiger partial charge in [-0.25, -0.2) is 4.98 Å². The molecule has 0 aliphatic rings. The zero-order chi connectivity index (χ0) is 17.9. The van der Waals surface area contributed by atoms with Gasteiger partial charge in [-0.1, -0.05) is 27.7 Å². The molecule has 7 heteroatoms. The lowest BCUT2D eigenvalue weighted by atomic mass is 10.1. The van der Waals surface area contributed by atoms with E-state index in [9.17, 15) is 9.59 Å². The maximum absolute atomic E-state index is 12.0. The van der Waals surface area contributed by atoms with Gasteiger partial charge in [0.15, 0.2) is 0 Å². The second-order valence-electron chi connectivity index (χ2n) is 6.43. The molecule has 1 aromatic carbocycles. The molecule has 4 N–H and O–H groups in total. The maximum Gasteiger partial charge on any atom is 0.243 e. The highest BCUT2D eigenvalue weighted by molar-refractivity contribution is 7.18. The standard InChI is InChI=1S/C17H24N4O2S/c1-9(2)15(18)16(23)19-8-14(22)20-11-5-6-12-13(7-11)24-17(21-12)10(3)4/h5-7,9-10,15H,8,18H2,1-4H3,(H,19,23)(H,20,22)/t15-/m0/s1. The molecule has 0 bridgehead atoms. The summed E-state index contributed by atoms with van der Waals surface area (Å²) in [7, 11) is 0. The van der Waals surface area contributed by atoms with Crippen LogP contribution in [-0.2, 0) is 9.59 Å². The van der Waals surface area contributed by atoms with E-state index in [1.165, 1.54) is 0 Å². The van der Waals surface area contributed by atoms with Gasteiger partial charge < -0.3 is 16.4 Å². The number of benzene rings is 1. The van der Waals surface area contributed by atoms with Crippen molar-refractivity contribution < 1.29 is 9.59 Å². The van der Waals surface area contributed by atoms with Gasteiger partial charge in [-0.3, -0.25) is 9.59 Å². The average molecular weight is 348 g/mol. The SMILES string of the molecule is CC(C)c1nc2ccc(NC(=O)CNC(=O)[C@@H](N)C(C)C)cc2s1. The summed E-state index contributed by atoms with van der Waals surface area (Å²) >= 11 is 1.62. The average Bonchev–Trinajstić information content (AvgIpc) is 2.95. The fourth-order valence-electron chi connectivity index (χ4n) is 2.06. The monoisotopic (exact) mass is 348 g/mol. The van der Waals surface area contributed by atoms with Crippen molar-refractivity contribution in [2.45, 2.75) is 39.7 Å². The van der Waals surface area contributed by atoms with Crippen LogP contribution in [0.25, 0.3) is 10.2 Å². The van der Waals surface area contributed by atoms with Crippen LogP contribution in [-0.4, -0.2) is 29.4 Å². The maximum atomic E-state index is 12.0. The van der Waals surface area contributed by atoms with E-state index in [2.05, 4.69) is 29.5 Å². The van der Waals surface area contributed by atoms with Gasteiger partial charge >= 0.3 is 0 Å². The summed E-state index contributed by atoms with van der Waals surface area (Å²) in [5.41, 5.74) is 7.36. The molecule has 0 radical (unpaired) electrons. The molecule has 0 aliphatic carbocycles. The highest BCUT2D eigenvalue weighted by Crippen LogP contribution is 2.29. The number of anilines is 1. The third-order valence-corrected chi connectivity index (χ3v) is 4.95. The van der Waals surface area contributed by atoms with Crippen LogP contribution in [0.1, 0.15) is 38.6 Å². The van der Waals surface area contributed by atoms with Gasteiger partial charge in [-0.15, -0.1) is 11.3 Å². The van der Waals surface area contributed by atoms with Crippen LogP contribution in [0.3, 0.4) is 0 Å². The molecule has 1 aromatic heterocycles.